The average Bonchev–Trinajstić information content (AvgIpc) is 1.72. The molecule has 38 valence electrons. The van der Waals surface area contributed by atoms with Crippen LogP contribution in [0.2, 0.25) is 0 Å². The number of nitriles is 1. The van der Waals surface area contributed by atoms with Crippen molar-refractivity contribution in [1.82, 2.24) is 5.32 Å². The van der Waals surface area contributed by atoms with Gasteiger partial charge in [-0.05, 0) is 7.05 Å². The molecule has 2 nitrogen and oxygen atoms in total. The Labute approximate surface area is 43.5 Å². The van der Waals surface area contributed by atoms with E-state index in [1.807, 2.05) is 6.07 Å². The van der Waals surface area contributed by atoms with Crippen LogP contribution in [-0.2, 0) is 0 Å². The highest BCUT2D eigenvalue weighted by atomic mass is 14.8. The van der Waals surface area contributed by atoms with Crippen molar-refractivity contribution in [3.8, 4) is 6.07 Å². The number of hydrogen-bond donors (Lipinski definition) is 1. The summed E-state index contributed by atoms with van der Waals surface area (Å²) < 4.78 is 0. The summed E-state index contributed by atoms with van der Waals surface area (Å²) in [4.78, 5) is 0. The summed E-state index contributed by atoms with van der Waals surface area (Å²) in [5.74, 6) is 0. The van der Waals surface area contributed by atoms with Crippen molar-refractivity contribution in [2.24, 2.45) is 0 Å². The van der Waals surface area contributed by atoms with Gasteiger partial charge >= 0.3 is 0 Å². The van der Waals surface area contributed by atoms with Crippen molar-refractivity contribution < 1.29 is 0 Å². The second-order valence-corrected chi connectivity index (χ2v) is 1.13. The van der Waals surface area contributed by atoms with E-state index in [4.69, 9.17) is 5.26 Å². The van der Waals surface area contributed by atoms with E-state index in [1.165, 1.54) is 0 Å². The van der Waals surface area contributed by atoms with E-state index in [9.17, 15) is 0 Å². The third-order valence-electron chi connectivity index (χ3n) is 0.686. The minimum Gasteiger partial charge on any atom is -0.302 e. The zero-order valence-electron chi connectivity index (χ0n) is 4.31. The number of likely N-dealkylation sites (N-methyl/N-ethyl adjacent to an activating group) is 1. The fourth-order valence-corrected chi connectivity index (χ4v) is 0.235. The van der Waals surface area contributed by atoms with Gasteiger partial charge in [-0.2, -0.15) is 5.26 Å². The van der Waals surface area contributed by atoms with E-state index in [0.29, 0.717) is 0 Å². The minimum absolute atomic E-state index is 0.194. The molecule has 0 aliphatic rings. The minimum atomic E-state index is -0.194. The smallest absolute Gasteiger partial charge is 0.113 e. The standard InChI is InChI=1S/C5H8N2/c1-3-5(4-6)7-2/h3,5,7H,1H2,2H3. The van der Waals surface area contributed by atoms with Gasteiger partial charge in [0, 0.05) is 0 Å². The first-order valence-electron chi connectivity index (χ1n) is 2.04. The molecular weight excluding hydrogens is 88.1 g/mol. The second-order valence-electron chi connectivity index (χ2n) is 1.13. The first-order chi connectivity index (χ1) is 3.35. The number of hydrogen-bond acceptors (Lipinski definition) is 2. The lowest BCUT2D eigenvalue weighted by atomic mass is 10.3. The summed E-state index contributed by atoms with van der Waals surface area (Å²) in [5, 5.41) is 10.9. The summed E-state index contributed by atoms with van der Waals surface area (Å²) in [6.45, 7) is 3.42. The van der Waals surface area contributed by atoms with Gasteiger partial charge in [0.2, 0.25) is 0 Å². The van der Waals surface area contributed by atoms with E-state index in [1.54, 1.807) is 13.1 Å². The van der Waals surface area contributed by atoms with Crippen molar-refractivity contribution in [3.63, 3.8) is 0 Å². The van der Waals surface area contributed by atoms with Crippen molar-refractivity contribution in [2.75, 3.05) is 7.05 Å². The first-order valence-corrected chi connectivity index (χ1v) is 2.04. The van der Waals surface area contributed by atoms with Gasteiger partial charge < -0.3 is 5.32 Å². The molecule has 0 amide bonds. The van der Waals surface area contributed by atoms with Crippen molar-refractivity contribution in [2.45, 2.75) is 6.04 Å². The van der Waals surface area contributed by atoms with Crippen molar-refractivity contribution in [1.29, 1.82) is 5.26 Å². The molecule has 0 heterocycles. The summed E-state index contributed by atoms with van der Waals surface area (Å²) in [5.41, 5.74) is 0. The SMILES string of the molecule is C=CC(C#N)NC. The topological polar surface area (TPSA) is 35.8 Å². The molecule has 0 aromatic heterocycles. The van der Waals surface area contributed by atoms with Gasteiger partial charge in [-0.15, -0.1) is 6.58 Å². The molecule has 1 unspecified atom stereocenters. The Bertz CT molecular complexity index is 90.7. The lowest BCUT2D eigenvalue weighted by Gasteiger charge is -1.94. The monoisotopic (exact) mass is 96.1 g/mol. The van der Waals surface area contributed by atoms with E-state index < -0.39 is 0 Å². The molecule has 0 aliphatic carbocycles. The number of nitrogens with one attached hydrogen (secondary N) is 1. The van der Waals surface area contributed by atoms with E-state index in [2.05, 4.69) is 11.9 Å². The molecule has 0 saturated carbocycles. The van der Waals surface area contributed by atoms with Crippen LogP contribution in [0.3, 0.4) is 0 Å². The molecule has 0 saturated heterocycles. The zero-order chi connectivity index (χ0) is 5.70. The number of nitrogens with zero attached hydrogens (tertiary/aromatic N) is 1. The van der Waals surface area contributed by atoms with Crippen LogP contribution in [0.4, 0.5) is 0 Å². The van der Waals surface area contributed by atoms with Crippen LogP contribution in [-0.4, -0.2) is 13.1 Å². The van der Waals surface area contributed by atoms with Gasteiger partial charge in [-0.25, -0.2) is 0 Å². The maximum atomic E-state index is 8.14. The molecule has 0 fully saturated rings. The van der Waals surface area contributed by atoms with Gasteiger partial charge in [0.25, 0.3) is 0 Å². The van der Waals surface area contributed by atoms with Crippen LogP contribution in [0.1, 0.15) is 0 Å². The molecule has 0 aromatic rings. The molecule has 0 spiro atoms. The molecule has 1 atom stereocenters. The van der Waals surface area contributed by atoms with Gasteiger partial charge in [-0.3, -0.25) is 0 Å². The highest BCUT2D eigenvalue weighted by molar-refractivity contribution is 5.01. The Balaban J connectivity index is 3.43. The molecule has 7 heavy (non-hydrogen) atoms. The summed E-state index contributed by atoms with van der Waals surface area (Å²) in [6, 6.07) is 1.78. The lowest BCUT2D eigenvalue weighted by Crippen LogP contribution is -2.19. The molecule has 1 N–H and O–H groups in total. The van der Waals surface area contributed by atoms with Crippen LogP contribution >= 0.6 is 0 Å². The maximum absolute atomic E-state index is 8.14. The largest absolute Gasteiger partial charge is 0.302 e. The summed E-state index contributed by atoms with van der Waals surface area (Å²) >= 11 is 0. The summed E-state index contributed by atoms with van der Waals surface area (Å²) in [6.07, 6.45) is 1.56. The van der Waals surface area contributed by atoms with E-state index in [-0.39, 0.29) is 6.04 Å². The molecule has 0 aromatic carbocycles. The van der Waals surface area contributed by atoms with Crippen LogP contribution < -0.4 is 5.32 Å². The van der Waals surface area contributed by atoms with Crippen molar-refractivity contribution in [3.05, 3.63) is 12.7 Å². The Kier molecular flexibility index (Phi) is 2.99. The van der Waals surface area contributed by atoms with Gasteiger partial charge in [0.05, 0.1) is 6.07 Å². The predicted molar refractivity (Wildman–Crippen MR) is 28.7 cm³/mol. The van der Waals surface area contributed by atoms with Gasteiger partial charge in [-0.1, -0.05) is 6.08 Å². The van der Waals surface area contributed by atoms with Crippen LogP contribution in [0.15, 0.2) is 12.7 Å². The Morgan fingerprint density at radius 2 is 2.57 bits per heavy atom. The molecule has 2 heteroatoms. The second kappa shape index (κ2) is 3.38. The highest BCUT2D eigenvalue weighted by Crippen LogP contribution is 1.75. The Morgan fingerprint density at radius 1 is 2.00 bits per heavy atom. The molecule has 0 rings (SSSR count). The van der Waals surface area contributed by atoms with Crippen LogP contribution in [0, 0.1) is 11.3 Å². The molecule has 0 radical (unpaired) electrons. The van der Waals surface area contributed by atoms with Gasteiger partial charge in [0.15, 0.2) is 0 Å². The average molecular weight is 96.1 g/mol. The van der Waals surface area contributed by atoms with Crippen LogP contribution in [0.25, 0.3) is 0 Å². The molecule has 0 bridgehead atoms. The number of rotatable bonds is 2. The fraction of sp³-hybridized carbons (Fsp3) is 0.400. The Hall–Kier alpha value is -0.810. The Morgan fingerprint density at radius 3 is 2.57 bits per heavy atom. The first kappa shape index (κ1) is 6.19. The quantitative estimate of drug-likeness (QED) is 0.501. The third-order valence-corrected chi connectivity index (χ3v) is 0.686. The third kappa shape index (κ3) is 1.96. The lowest BCUT2D eigenvalue weighted by molar-refractivity contribution is 0.803. The van der Waals surface area contributed by atoms with Crippen molar-refractivity contribution >= 4 is 0 Å². The predicted octanol–water partition coefficient (Wildman–Crippen LogP) is 0.284. The maximum Gasteiger partial charge on any atom is 0.113 e. The molecular formula is C5H8N2. The van der Waals surface area contributed by atoms with E-state index >= 15 is 0 Å². The summed E-state index contributed by atoms with van der Waals surface area (Å²) in [7, 11) is 1.72. The fourth-order valence-electron chi connectivity index (χ4n) is 0.235. The molecule has 0 aliphatic heterocycles. The normalized spacial score (nSPS) is 12.0. The van der Waals surface area contributed by atoms with E-state index in [0.717, 1.165) is 0 Å². The zero-order valence-corrected chi connectivity index (χ0v) is 4.31. The van der Waals surface area contributed by atoms with Gasteiger partial charge in [0.1, 0.15) is 6.04 Å². The van der Waals surface area contributed by atoms with Crippen LogP contribution in [0.5, 0.6) is 0 Å². The highest BCUT2D eigenvalue weighted by Gasteiger charge is 1.90.